The van der Waals surface area contributed by atoms with Crippen LogP contribution in [-0.2, 0) is 11.3 Å². The van der Waals surface area contributed by atoms with Gasteiger partial charge in [-0.3, -0.25) is 4.79 Å². The van der Waals surface area contributed by atoms with Crippen molar-refractivity contribution in [3.8, 4) is 5.69 Å². The Kier molecular flexibility index (Phi) is 7.15. The van der Waals surface area contributed by atoms with Gasteiger partial charge in [0.25, 0.3) is 0 Å². The Labute approximate surface area is 235 Å². The summed E-state index contributed by atoms with van der Waals surface area (Å²) in [4.78, 5) is 34.9. The lowest BCUT2D eigenvalue weighted by molar-refractivity contribution is 0.0524. The average Bonchev–Trinajstić information content (AvgIpc) is 3.52. The van der Waals surface area contributed by atoms with Crippen molar-refractivity contribution in [1.29, 1.82) is 0 Å². The van der Waals surface area contributed by atoms with Crippen molar-refractivity contribution < 1.29 is 13.9 Å². The van der Waals surface area contributed by atoms with Gasteiger partial charge in [0.1, 0.15) is 5.56 Å². The number of benzene rings is 2. The summed E-state index contributed by atoms with van der Waals surface area (Å²) >= 11 is 0. The molecule has 1 saturated heterocycles. The SMILES string of the molecule is CCOC(=O)c1cn(-c2ccc(Cn3ccnn3)cc2)c2nc(N3CCN(c4ccccc4)CC3)c(F)cc2c1=O. The van der Waals surface area contributed by atoms with Gasteiger partial charge in [-0.05, 0) is 42.8 Å². The molecule has 208 valence electrons. The minimum Gasteiger partial charge on any atom is -0.462 e. The lowest BCUT2D eigenvalue weighted by Crippen LogP contribution is -2.47. The monoisotopic (exact) mass is 553 g/mol. The fraction of sp³-hybridized carbons (Fsp3) is 0.233. The third kappa shape index (κ3) is 5.25. The zero-order chi connectivity index (χ0) is 28.3. The quantitative estimate of drug-likeness (QED) is 0.282. The molecule has 2 aromatic carbocycles. The van der Waals surface area contributed by atoms with Crippen molar-refractivity contribution in [2.24, 2.45) is 0 Å². The number of carbonyl (C=O) groups is 1. The van der Waals surface area contributed by atoms with E-state index in [0.717, 1.165) is 11.3 Å². The molecule has 0 radical (unpaired) electrons. The Hall–Kier alpha value is -5.06. The molecule has 4 heterocycles. The van der Waals surface area contributed by atoms with Crippen LogP contribution in [0, 0.1) is 5.82 Å². The molecule has 1 fully saturated rings. The van der Waals surface area contributed by atoms with Gasteiger partial charge in [0.15, 0.2) is 17.3 Å². The topological polar surface area (TPSA) is 98.4 Å². The highest BCUT2D eigenvalue weighted by molar-refractivity contribution is 5.94. The smallest absolute Gasteiger partial charge is 0.343 e. The van der Waals surface area contributed by atoms with Crippen LogP contribution in [0.5, 0.6) is 0 Å². The maximum absolute atomic E-state index is 15.6. The second kappa shape index (κ2) is 11.2. The van der Waals surface area contributed by atoms with Crippen LogP contribution in [0.2, 0.25) is 0 Å². The predicted molar refractivity (Wildman–Crippen MR) is 153 cm³/mol. The van der Waals surface area contributed by atoms with Crippen LogP contribution < -0.4 is 15.2 Å². The summed E-state index contributed by atoms with van der Waals surface area (Å²) in [5.41, 5.74) is 2.20. The van der Waals surface area contributed by atoms with Gasteiger partial charge in [0.05, 0.1) is 24.7 Å². The van der Waals surface area contributed by atoms with Gasteiger partial charge >= 0.3 is 5.97 Å². The normalized spacial score (nSPS) is 13.5. The minimum absolute atomic E-state index is 0.00594. The number of fused-ring (bicyclic) bond motifs is 1. The first-order valence-corrected chi connectivity index (χ1v) is 13.4. The third-order valence-electron chi connectivity index (χ3n) is 7.14. The molecular weight excluding hydrogens is 525 g/mol. The molecule has 1 aliphatic rings. The summed E-state index contributed by atoms with van der Waals surface area (Å²) < 4.78 is 24.0. The number of nitrogens with zero attached hydrogens (tertiary/aromatic N) is 7. The van der Waals surface area contributed by atoms with Crippen molar-refractivity contribution >= 4 is 28.5 Å². The summed E-state index contributed by atoms with van der Waals surface area (Å²) in [6.45, 7) is 4.82. The number of halogens is 1. The van der Waals surface area contributed by atoms with Gasteiger partial charge < -0.3 is 19.1 Å². The van der Waals surface area contributed by atoms with E-state index >= 15 is 4.39 Å². The van der Waals surface area contributed by atoms with Crippen molar-refractivity contribution in [3.05, 3.63) is 106 Å². The summed E-state index contributed by atoms with van der Waals surface area (Å²) in [6, 6.07) is 18.8. The molecule has 3 aromatic heterocycles. The minimum atomic E-state index is -0.766. The zero-order valence-corrected chi connectivity index (χ0v) is 22.5. The maximum Gasteiger partial charge on any atom is 0.343 e. The number of aromatic nitrogens is 5. The van der Waals surface area contributed by atoms with E-state index in [0.29, 0.717) is 38.4 Å². The van der Waals surface area contributed by atoms with E-state index in [2.05, 4.69) is 32.3 Å². The predicted octanol–water partition coefficient (Wildman–Crippen LogP) is 3.67. The Morgan fingerprint density at radius 3 is 2.39 bits per heavy atom. The number of pyridine rings is 2. The van der Waals surface area contributed by atoms with Crippen LogP contribution in [0.25, 0.3) is 16.7 Å². The third-order valence-corrected chi connectivity index (χ3v) is 7.14. The van der Waals surface area contributed by atoms with Gasteiger partial charge in [-0.25, -0.2) is 18.9 Å². The van der Waals surface area contributed by atoms with Crippen molar-refractivity contribution in [1.82, 2.24) is 24.5 Å². The van der Waals surface area contributed by atoms with Crippen molar-refractivity contribution in [2.75, 3.05) is 42.6 Å². The van der Waals surface area contributed by atoms with E-state index in [4.69, 9.17) is 4.74 Å². The number of esters is 1. The molecule has 41 heavy (non-hydrogen) atoms. The molecule has 6 rings (SSSR count). The fourth-order valence-corrected chi connectivity index (χ4v) is 5.07. The molecule has 0 spiro atoms. The van der Waals surface area contributed by atoms with Gasteiger partial charge in [0.2, 0.25) is 5.43 Å². The van der Waals surface area contributed by atoms with E-state index in [-0.39, 0.29) is 29.0 Å². The standard InChI is InChI=1S/C30H28FN7O3/c1-2-41-30(40)25-20-38(23-10-8-21(9-11-23)19-37-13-12-32-34-37)28-24(27(25)39)18-26(31)29(33-28)36-16-14-35(15-17-36)22-6-4-3-5-7-22/h3-13,18,20H,2,14-17,19H2,1H3. The Balaban J connectivity index is 1.39. The number of para-hydroxylation sites is 1. The highest BCUT2D eigenvalue weighted by atomic mass is 19.1. The molecule has 0 aliphatic carbocycles. The first kappa shape index (κ1) is 26.2. The van der Waals surface area contributed by atoms with E-state index < -0.39 is 17.2 Å². The van der Waals surface area contributed by atoms with Gasteiger partial charge in [0, 0.05) is 49.9 Å². The summed E-state index contributed by atoms with van der Waals surface area (Å²) in [5.74, 6) is -1.21. The first-order chi connectivity index (χ1) is 20.0. The highest BCUT2D eigenvalue weighted by Crippen LogP contribution is 2.26. The Morgan fingerprint density at radius 1 is 0.976 bits per heavy atom. The van der Waals surface area contributed by atoms with Crippen molar-refractivity contribution in [2.45, 2.75) is 13.5 Å². The average molecular weight is 554 g/mol. The van der Waals surface area contributed by atoms with E-state index in [9.17, 15) is 9.59 Å². The molecule has 0 amide bonds. The molecule has 10 nitrogen and oxygen atoms in total. The lowest BCUT2D eigenvalue weighted by atomic mass is 10.1. The largest absolute Gasteiger partial charge is 0.462 e. The second-order valence-electron chi connectivity index (χ2n) is 9.70. The number of piperazine rings is 1. The first-order valence-electron chi connectivity index (χ1n) is 13.4. The molecule has 1 aliphatic heterocycles. The van der Waals surface area contributed by atoms with Crippen LogP contribution in [0.3, 0.4) is 0 Å². The molecule has 0 N–H and O–H groups in total. The molecule has 5 aromatic rings. The fourth-order valence-electron chi connectivity index (χ4n) is 5.07. The summed E-state index contributed by atoms with van der Waals surface area (Å²) in [6.07, 6.45) is 4.81. The summed E-state index contributed by atoms with van der Waals surface area (Å²) in [5, 5.41) is 7.83. The number of hydrogen-bond donors (Lipinski definition) is 0. The number of carbonyl (C=O) groups excluding carboxylic acids is 1. The highest BCUT2D eigenvalue weighted by Gasteiger charge is 2.25. The number of hydrogen-bond acceptors (Lipinski definition) is 8. The number of anilines is 2. The number of rotatable bonds is 7. The Morgan fingerprint density at radius 2 is 1.71 bits per heavy atom. The van der Waals surface area contributed by atoms with E-state index in [1.165, 1.54) is 12.3 Å². The molecule has 0 unspecified atom stereocenters. The van der Waals surface area contributed by atoms with Gasteiger partial charge in [-0.15, -0.1) is 5.10 Å². The molecule has 0 bridgehead atoms. The van der Waals surface area contributed by atoms with Crippen molar-refractivity contribution in [3.63, 3.8) is 0 Å². The van der Waals surface area contributed by atoms with E-state index in [1.54, 1.807) is 28.6 Å². The zero-order valence-electron chi connectivity index (χ0n) is 22.5. The van der Waals surface area contributed by atoms with Gasteiger partial charge in [-0.2, -0.15) is 0 Å². The maximum atomic E-state index is 15.6. The number of ether oxygens (including phenoxy) is 1. The molecule has 0 saturated carbocycles. The molecule has 0 atom stereocenters. The Bertz CT molecular complexity index is 1730. The molecular formula is C30H28FN7O3. The summed E-state index contributed by atoms with van der Waals surface area (Å²) in [7, 11) is 0. The van der Waals surface area contributed by atoms with Crippen LogP contribution in [-0.4, -0.2) is 63.3 Å². The van der Waals surface area contributed by atoms with Crippen LogP contribution in [0.15, 0.2) is 84.0 Å². The molecule has 11 heteroatoms. The van der Waals surface area contributed by atoms with Crippen LogP contribution in [0.4, 0.5) is 15.9 Å². The lowest BCUT2D eigenvalue weighted by Gasteiger charge is -2.36. The second-order valence-corrected chi connectivity index (χ2v) is 9.70. The van der Waals surface area contributed by atoms with Gasteiger partial charge in [-0.1, -0.05) is 35.5 Å². The van der Waals surface area contributed by atoms with Crippen LogP contribution >= 0.6 is 0 Å². The van der Waals surface area contributed by atoms with Crippen LogP contribution in [0.1, 0.15) is 22.8 Å². The van der Waals surface area contributed by atoms with E-state index in [1.807, 2.05) is 47.4 Å².